The summed E-state index contributed by atoms with van der Waals surface area (Å²) >= 11 is 0. The lowest BCUT2D eigenvalue weighted by Crippen LogP contribution is -2.57. The molecule has 2 rings (SSSR count). The SMILES string of the molecule is C=C(C)[C@H](C(=O)OCC)[C@](O)(COCc1ccccc1)[C@H](CCO[Si](C)(C)C(C)(C)C)OCc1ccccc1. The molecule has 1 N–H and O–H groups in total. The zero-order chi connectivity index (χ0) is 29.1. The van der Waals surface area contributed by atoms with Crippen LogP contribution in [0.3, 0.4) is 0 Å². The summed E-state index contributed by atoms with van der Waals surface area (Å²) in [6.45, 7) is 19.4. The topological polar surface area (TPSA) is 74.2 Å². The summed E-state index contributed by atoms with van der Waals surface area (Å²) in [4.78, 5) is 13.2. The normalized spacial score (nSPS) is 15.3. The minimum atomic E-state index is -2.05. The first-order chi connectivity index (χ1) is 18.3. The van der Waals surface area contributed by atoms with Gasteiger partial charge in [-0.2, -0.15) is 0 Å². The van der Waals surface area contributed by atoms with Gasteiger partial charge < -0.3 is 23.7 Å². The number of benzene rings is 2. The molecule has 0 heterocycles. The summed E-state index contributed by atoms with van der Waals surface area (Å²) in [7, 11) is -2.05. The van der Waals surface area contributed by atoms with Gasteiger partial charge in [0.25, 0.3) is 0 Å². The van der Waals surface area contributed by atoms with E-state index in [2.05, 4.69) is 40.4 Å². The molecule has 0 aliphatic rings. The Bertz CT molecular complexity index is 1020. The molecule has 0 aromatic heterocycles. The van der Waals surface area contributed by atoms with Crippen LogP contribution in [0.5, 0.6) is 0 Å². The number of carbonyl (C=O) groups excluding carboxylic acids is 1. The maximum Gasteiger partial charge on any atom is 0.316 e. The first kappa shape index (κ1) is 32.9. The number of hydrogen-bond donors (Lipinski definition) is 1. The van der Waals surface area contributed by atoms with Gasteiger partial charge in [0, 0.05) is 6.61 Å². The number of aliphatic hydroxyl groups is 1. The van der Waals surface area contributed by atoms with Gasteiger partial charge in [0.05, 0.1) is 32.5 Å². The fourth-order valence-electron chi connectivity index (χ4n) is 4.21. The number of carbonyl (C=O) groups is 1. The first-order valence-corrected chi connectivity index (χ1v) is 16.7. The Morgan fingerprint density at radius 1 is 0.974 bits per heavy atom. The van der Waals surface area contributed by atoms with E-state index in [0.29, 0.717) is 18.6 Å². The van der Waals surface area contributed by atoms with Gasteiger partial charge in [-0.25, -0.2) is 0 Å². The van der Waals surface area contributed by atoms with E-state index in [1.54, 1.807) is 13.8 Å². The largest absolute Gasteiger partial charge is 0.465 e. The van der Waals surface area contributed by atoms with Crippen molar-refractivity contribution in [3.05, 3.63) is 83.9 Å². The average molecular weight is 557 g/mol. The molecule has 0 fully saturated rings. The predicted octanol–water partition coefficient (Wildman–Crippen LogP) is 6.69. The van der Waals surface area contributed by atoms with Crippen LogP contribution in [-0.4, -0.2) is 50.9 Å². The van der Waals surface area contributed by atoms with Crippen LogP contribution in [-0.2, 0) is 36.6 Å². The Hall–Kier alpha value is -2.29. The van der Waals surface area contributed by atoms with Crippen LogP contribution in [0.25, 0.3) is 0 Å². The second kappa shape index (κ2) is 14.9. The van der Waals surface area contributed by atoms with Crippen LogP contribution in [0.1, 0.15) is 52.2 Å². The average Bonchev–Trinajstić information content (AvgIpc) is 2.86. The summed E-state index contributed by atoms with van der Waals surface area (Å²) in [6.07, 6.45) is -0.419. The van der Waals surface area contributed by atoms with Gasteiger partial charge in [0.1, 0.15) is 11.5 Å². The number of ether oxygens (including phenoxy) is 3. The maximum absolute atomic E-state index is 13.2. The highest BCUT2D eigenvalue weighted by Crippen LogP contribution is 2.38. The van der Waals surface area contributed by atoms with Crippen molar-refractivity contribution in [2.75, 3.05) is 19.8 Å². The van der Waals surface area contributed by atoms with Crippen molar-refractivity contribution in [3.8, 4) is 0 Å². The lowest BCUT2D eigenvalue weighted by molar-refractivity contribution is -0.192. The third-order valence-electron chi connectivity index (χ3n) is 7.46. The number of esters is 1. The Morgan fingerprint density at radius 2 is 1.51 bits per heavy atom. The number of rotatable bonds is 16. The maximum atomic E-state index is 13.2. The van der Waals surface area contributed by atoms with Crippen LogP contribution >= 0.6 is 0 Å². The van der Waals surface area contributed by atoms with E-state index in [9.17, 15) is 9.90 Å². The zero-order valence-corrected chi connectivity index (χ0v) is 25.9. The molecular formula is C32H48O6Si. The van der Waals surface area contributed by atoms with Gasteiger partial charge in [-0.1, -0.05) is 93.6 Å². The fourth-order valence-corrected chi connectivity index (χ4v) is 5.27. The minimum Gasteiger partial charge on any atom is -0.465 e. The highest BCUT2D eigenvalue weighted by molar-refractivity contribution is 6.74. The molecule has 0 bridgehead atoms. The van der Waals surface area contributed by atoms with Gasteiger partial charge >= 0.3 is 5.97 Å². The monoisotopic (exact) mass is 556 g/mol. The van der Waals surface area contributed by atoms with E-state index in [-0.39, 0.29) is 31.5 Å². The van der Waals surface area contributed by atoms with Crippen LogP contribution in [0.4, 0.5) is 0 Å². The second-order valence-electron chi connectivity index (χ2n) is 11.7. The van der Waals surface area contributed by atoms with Crippen molar-refractivity contribution < 1.29 is 28.5 Å². The van der Waals surface area contributed by atoms with Gasteiger partial charge in [-0.3, -0.25) is 4.79 Å². The molecule has 0 aliphatic carbocycles. The fraction of sp³-hybridized carbons (Fsp3) is 0.531. The van der Waals surface area contributed by atoms with E-state index in [4.69, 9.17) is 18.6 Å². The second-order valence-corrected chi connectivity index (χ2v) is 16.5. The molecule has 0 unspecified atom stereocenters. The Morgan fingerprint density at radius 3 is 2.00 bits per heavy atom. The molecule has 2 aromatic rings. The van der Waals surface area contributed by atoms with Gasteiger partial charge in [0.2, 0.25) is 0 Å². The molecule has 6 nitrogen and oxygen atoms in total. The Kier molecular flexibility index (Phi) is 12.6. The van der Waals surface area contributed by atoms with Crippen LogP contribution in [0, 0.1) is 5.92 Å². The van der Waals surface area contributed by atoms with Gasteiger partial charge in [-0.15, -0.1) is 0 Å². The molecule has 0 radical (unpaired) electrons. The van der Waals surface area contributed by atoms with Crippen molar-refractivity contribution in [3.63, 3.8) is 0 Å². The lowest BCUT2D eigenvalue weighted by atomic mass is 9.78. The molecular weight excluding hydrogens is 508 g/mol. The predicted molar refractivity (Wildman–Crippen MR) is 159 cm³/mol. The Balaban J connectivity index is 2.40. The third-order valence-corrected chi connectivity index (χ3v) is 12.0. The van der Waals surface area contributed by atoms with Crippen molar-refractivity contribution >= 4 is 14.3 Å². The van der Waals surface area contributed by atoms with E-state index >= 15 is 0 Å². The van der Waals surface area contributed by atoms with Crippen LogP contribution in [0.2, 0.25) is 18.1 Å². The smallest absolute Gasteiger partial charge is 0.316 e. The van der Waals surface area contributed by atoms with E-state index in [0.717, 1.165) is 11.1 Å². The van der Waals surface area contributed by atoms with Crippen molar-refractivity contribution in [1.29, 1.82) is 0 Å². The van der Waals surface area contributed by atoms with E-state index in [1.807, 2.05) is 60.7 Å². The summed E-state index contributed by atoms with van der Waals surface area (Å²) in [5, 5.41) is 12.4. The summed E-state index contributed by atoms with van der Waals surface area (Å²) < 4.78 is 24.3. The summed E-state index contributed by atoms with van der Waals surface area (Å²) in [5.74, 6) is -1.59. The lowest BCUT2D eigenvalue weighted by Gasteiger charge is -2.42. The van der Waals surface area contributed by atoms with Crippen molar-refractivity contribution in [2.24, 2.45) is 5.92 Å². The molecule has 7 heteroatoms. The molecule has 0 spiro atoms. The molecule has 0 saturated carbocycles. The van der Waals surface area contributed by atoms with Crippen molar-refractivity contribution in [2.45, 2.75) is 84.1 Å². The molecule has 2 aromatic carbocycles. The zero-order valence-electron chi connectivity index (χ0n) is 24.9. The van der Waals surface area contributed by atoms with Crippen LogP contribution < -0.4 is 0 Å². The van der Waals surface area contributed by atoms with Crippen molar-refractivity contribution in [1.82, 2.24) is 0 Å². The highest BCUT2D eigenvalue weighted by Gasteiger charge is 2.50. The molecule has 0 saturated heterocycles. The highest BCUT2D eigenvalue weighted by atomic mass is 28.4. The van der Waals surface area contributed by atoms with Gasteiger partial charge in [-0.05, 0) is 49.5 Å². The first-order valence-electron chi connectivity index (χ1n) is 13.8. The third kappa shape index (κ3) is 9.69. The minimum absolute atomic E-state index is 0.0354. The standard InChI is InChI=1S/C32H48O6Si/c1-9-36-30(33)29(25(2)3)32(34,24-35-22-26-16-12-10-13-17-26)28(37-23-27-18-14-11-15-19-27)20-21-38-39(7,8)31(4,5)6/h10-19,28-29,34H,2,9,20-24H2,1,3-8H3/t28-,29+,32-/m0/s1. The molecule has 3 atom stereocenters. The summed E-state index contributed by atoms with van der Waals surface area (Å²) in [5.41, 5.74) is 0.672. The van der Waals surface area contributed by atoms with Crippen LogP contribution in [0.15, 0.2) is 72.8 Å². The van der Waals surface area contributed by atoms with E-state index in [1.165, 1.54) is 0 Å². The van der Waals surface area contributed by atoms with E-state index < -0.39 is 31.9 Å². The Labute approximate surface area is 236 Å². The molecule has 0 aliphatic heterocycles. The summed E-state index contributed by atoms with van der Waals surface area (Å²) in [6, 6.07) is 19.5. The molecule has 0 amide bonds. The number of hydrogen-bond acceptors (Lipinski definition) is 6. The van der Waals surface area contributed by atoms with Gasteiger partial charge in [0.15, 0.2) is 8.32 Å². The molecule has 39 heavy (non-hydrogen) atoms. The molecule has 216 valence electrons. The quantitative estimate of drug-likeness (QED) is 0.141.